The van der Waals surface area contributed by atoms with Crippen LogP contribution in [-0.2, 0) is 24.7 Å². The van der Waals surface area contributed by atoms with Gasteiger partial charge >= 0.3 is 0 Å². The molecule has 3 rings (SSSR count). The van der Waals surface area contributed by atoms with Crippen LogP contribution in [0, 0.1) is 5.82 Å². The molecule has 0 bridgehead atoms. The van der Waals surface area contributed by atoms with E-state index < -0.39 is 41.9 Å². The van der Waals surface area contributed by atoms with Crippen LogP contribution in [0.4, 0.5) is 4.39 Å². The van der Waals surface area contributed by atoms with E-state index in [2.05, 4.69) is 0 Å². The Morgan fingerprint density at radius 1 is 1.04 bits per heavy atom. The average molecular weight is 419 g/mol. The van der Waals surface area contributed by atoms with Crippen LogP contribution in [0.25, 0.3) is 0 Å². The average Bonchev–Trinajstić information content (AvgIpc) is 3.11. The van der Waals surface area contributed by atoms with Crippen molar-refractivity contribution < 1.29 is 26.0 Å². The Kier molecular flexibility index (Phi) is 5.60. The van der Waals surface area contributed by atoms with Gasteiger partial charge in [-0.1, -0.05) is 12.1 Å². The molecule has 2 saturated heterocycles. The Morgan fingerprint density at radius 2 is 1.67 bits per heavy atom. The maximum atomic E-state index is 14.0. The molecule has 2 aliphatic heterocycles. The highest BCUT2D eigenvalue weighted by Crippen LogP contribution is 2.29. The number of benzene rings is 1. The summed E-state index contributed by atoms with van der Waals surface area (Å²) in [6.07, 6.45) is 2.77. The van der Waals surface area contributed by atoms with E-state index in [4.69, 9.17) is 0 Å². The number of rotatable bonds is 4. The normalized spacial score (nSPS) is 22.9. The first-order chi connectivity index (χ1) is 12.6. The molecular weight excluding hydrogens is 395 g/mol. The summed E-state index contributed by atoms with van der Waals surface area (Å²) in [5.41, 5.74) is 0. The minimum atomic E-state index is -4.12. The van der Waals surface area contributed by atoms with Crippen LogP contribution in [0.5, 0.6) is 0 Å². The predicted octanol–water partition coefficient (Wildman–Crippen LogP) is 1.01. The molecular formula is C17H23FN2O5S2. The number of likely N-dealkylation sites (tertiary alicyclic amines) is 1. The summed E-state index contributed by atoms with van der Waals surface area (Å²) < 4.78 is 64.2. The van der Waals surface area contributed by atoms with Crippen LogP contribution in [0.15, 0.2) is 29.2 Å². The van der Waals surface area contributed by atoms with Gasteiger partial charge in [-0.15, -0.1) is 0 Å². The Bertz CT molecular complexity index is 924. The standard InChI is InChI=1S/C17H23FN2O5S2/c1-26(22,23)13-8-11-19(12-9-13)17(21)15-6-4-10-20(15)27(24,25)16-7-3-2-5-14(16)18/h2-3,5,7,13,15H,4,6,8-12H2,1H3. The number of carbonyl (C=O) groups is 1. The second-order valence-electron chi connectivity index (χ2n) is 7.06. The maximum Gasteiger partial charge on any atom is 0.246 e. The minimum Gasteiger partial charge on any atom is -0.341 e. The second-order valence-corrected chi connectivity index (χ2v) is 11.2. The largest absolute Gasteiger partial charge is 0.341 e. The number of sulfonamides is 1. The van der Waals surface area contributed by atoms with E-state index in [1.807, 2.05) is 0 Å². The van der Waals surface area contributed by atoms with Crippen LogP contribution in [0.2, 0.25) is 0 Å². The third kappa shape index (κ3) is 4.02. The van der Waals surface area contributed by atoms with Crippen molar-refractivity contribution in [1.29, 1.82) is 0 Å². The van der Waals surface area contributed by atoms with Crippen LogP contribution in [0.1, 0.15) is 25.7 Å². The molecule has 1 aromatic rings. The topological polar surface area (TPSA) is 91.8 Å². The van der Waals surface area contributed by atoms with Crippen molar-refractivity contribution in [2.75, 3.05) is 25.9 Å². The molecule has 0 aromatic heterocycles. The highest BCUT2D eigenvalue weighted by Gasteiger charge is 2.42. The van der Waals surface area contributed by atoms with Gasteiger partial charge in [-0.05, 0) is 37.8 Å². The monoisotopic (exact) mass is 418 g/mol. The molecule has 1 unspecified atom stereocenters. The third-order valence-electron chi connectivity index (χ3n) is 5.27. The smallest absolute Gasteiger partial charge is 0.246 e. The van der Waals surface area contributed by atoms with Crippen molar-refractivity contribution in [2.24, 2.45) is 0 Å². The van der Waals surface area contributed by atoms with Crippen molar-refractivity contribution in [3.8, 4) is 0 Å². The van der Waals surface area contributed by atoms with E-state index in [9.17, 15) is 26.0 Å². The van der Waals surface area contributed by atoms with Crippen molar-refractivity contribution in [1.82, 2.24) is 9.21 Å². The summed E-state index contributed by atoms with van der Waals surface area (Å²) in [6, 6.07) is 4.26. The molecule has 0 saturated carbocycles. The van der Waals surface area contributed by atoms with Gasteiger partial charge in [-0.2, -0.15) is 4.31 Å². The Morgan fingerprint density at radius 3 is 2.26 bits per heavy atom. The lowest BCUT2D eigenvalue weighted by Crippen LogP contribution is -2.51. The molecule has 1 amide bonds. The van der Waals surface area contributed by atoms with Crippen molar-refractivity contribution >= 4 is 25.8 Å². The van der Waals surface area contributed by atoms with E-state index in [1.54, 1.807) is 0 Å². The van der Waals surface area contributed by atoms with Crippen molar-refractivity contribution in [2.45, 2.75) is 41.9 Å². The molecule has 7 nitrogen and oxygen atoms in total. The van der Waals surface area contributed by atoms with Gasteiger partial charge in [-0.3, -0.25) is 4.79 Å². The fraction of sp³-hybridized carbons (Fsp3) is 0.588. The van der Waals surface area contributed by atoms with Gasteiger partial charge in [0.1, 0.15) is 26.6 Å². The van der Waals surface area contributed by atoms with Crippen LogP contribution in [0.3, 0.4) is 0 Å². The molecule has 150 valence electrons. The Labute approximate surface area is 159 Å². The predicted molar refractivity (Wildman–Crippen MR) is 97.8 cm³/mol. The first-order valence-electron chi connectivity index (χ1n) is 8.86. The number of hydrogen-bond donors (Lipinski definition) is 0. The van der Waals surface area contributed by atoms with Gasteiger partial charge in [0, 0.05) is 25.9 Å². The summed E-state index contributed by atoms with van der Waals surface area (Å²) in [7, 11) is -7.28. The van der Waals surface area contributed by atoms with Gasteiger partial charge in [0.05, 0.1) is 5.25 Å². The van der Waals surface area contributed by atoms with Gasteiger partial charge < -0.3 is 4.90 Å². The molecule has 27 heavy (non-hydrogen) atoms. The maximum absolute atomic E-state index is 14.0. The fourth-order valence-electron chi connectivity index (χ4n) is 3.77. The molecule has 0 spiro atoms. The number of piperidine rings is 1. The molecule has 1 atom stereocenters. The number of amides is 1. The van der Waals surface area contributed by atoms with Crippen molar-refractivity contribution in [3.63, 3.8) is 0 Å². The van der Waals surface area contributed by atoms with Crippen LogP contribution >= 0.6 is 0 Å². The van der Waals surface area contributed by atoms with Crippen LogP contribution < -0.4 is 0 Å². The summed E-state index contributed by atoms with van der Waals surface area (Å²) in [5.74, 6) is -1.18. The van der Waals surface area contributed by atoms with Gasteiger partial charge in [0.2, 0.25) is 15.9 Å². The molecule has 2 fully saturated rings. The molecule has 2 heterocycles. The van der Waals surface area contributed by atoms with E-state index >= 15 is 0 Å². The van der Waals surface area contributed by atoms with Gasteiger partial charge in [-0.25, -0.2) is 21.2 Å². The van der Waals surface area contributed by atoms with E-state index in [0.29, 0.717) is 25.7 Å². The van der Waals surface area contributed by atoms with Crippen LogP contribution in [-0.4, -0.2) is 69.1 Å². The Balaban J connectivity index is 1.77. The zero-order valence-corrected chi connectivity index (χ0v) is 16.7. The van der Waals surface area contributed by atoms with Crippen molar-refractivity contribution in [3.05, 3.63) is 30.1 Å². The number of halogens is 1. The van der Waals surface area contributed by atoms with Gasteiger partial charge in [0.25, 0.3) is 0 Å². The second kappa shape index (κ2) is 7.48. The summed E-state index contributed by atoms with van der Waals surface area (Å²) in [5, 5.41) is -0.469. The van der Waals surface area contributed by atoms with Gasteiger partial charge in [0.15, 0.2) is 0 Å². The molecule has 1 aromatic carbocycles. The molecule has 10 heteroatoms. The lowest BCUT2D eigenvalue weighted by atomic mass is 10.1. The quantitative estimate of drug-likeness (QED) is 0.728. The molecule has 0 N–H and O–H groups in total. The molecule has 0 aliphatic carbocycles. The highest BCUT2D eigenvalue weighted by atomic mass is 32.2. The molecule has 0 radical (unpaired) electrons. The van der Waals surface area contributed by atoms with E-state index in [-0.39, 0.29) is 25.5 Å². The summed E-state index contributed by atoms with van der Waals surface area (Å²) in [4.78, 5) is 14.0. The lowest BCUT2D eigenvalue weighted by Gasteiger charge is -2.34. The SMILES string of the molecule is CS(=O)(=O)C1CCN(C(=O)C2CCCN2S(=O)(=O)c2ccccc2F)CC1. The molecule has 2 aliphatic rings. The fourth-order valence-corrected chi connectivity index (χ4v) is 6.55. The number of nitrogens with zero attached hydrogens (tertiary/aromatic N) is 2. The summed E-state index contributed by atoms with van der Waals surface area (Å²) in [6.45, 7) is 0.716. The summed E-state index contributed by atoms with van der Waals surface area (Å²) >= 11 is 0. The number of hydrogen-bond acceptors (Lipinski definition) is 5. The first-order valence-corrected chi connectivity index (χ1v) is 12.3. The number of carbonyl (C=O) groups excluding carboxylic acids is 1. The van der Waals surface area contributed by atoms with E-state index in [1.165, 1.54) is 29.4 Å². The zero-order valence-electron chi connectivity index (χ0n) is 15.0. The third-order valence-corrected chi connectivity index (χ3v) is 8.90. The minimum absolute atomic E-state index is 0.160. The van der Waals surface area contributed by atoms with E-state index in [0.717, 1.165) is 10.4 Å². The Hall–Kier alpha value is -1.52. The zero-order chi connectivity index (χ0) is 19.8. The number of sulfone groups is 1. The lowest BCUT2D eigenvalue weighted by molar-refractivity contribution is -0.135. The first kappa shape index (κ1) is 20.2. The highest BCUT2D eigenvalue weighted by molar-refractivity contribution is 7.91.